The average molecular weight is 292 g/mol. The van der Waals surface area contributed by atoms with Crippen LogP contribution in [-0.2, 0) is 9.47 Å². The first-order chi connectivity index (χ1) is 9.64. The van der Waals surface area contributed by atoms with Crippen LogP contribution in [0, 0.1) is 5.92 Å². The van der Waals surface area contributed by atoms with E-state index in [4.69, 9.17) is 9.47 Å². The van der Waals surface area contributed by atoms with Crippen molar-refractivity contribution in [3.8, 4) is 0 Å². The van der Waals surface area contributed by atoms with Gasteiger partial charge in [-0.15, -0.1) is 0 Å². The normalized spacial score (nSPS) is 23.5. The van der Waals surface area contributed by atoms with Crippen molar-refractivity contribution in [1.29, 1.82) is 0 Å². The van der Waals surface area contributed by atoms with Gasteiger partial charge in [0.15, 0.2) is 6.29 Å². The molecule has 2 nitrogen and oxygen atoms in total. The predicted molar refractivity (Wildman–Crippen MR) is 90.2 cm³/mol. The SMILES string of the molecule is C\C=C(/C=C\C(=C\CC)C(C)C)C1OC(C)(C)C(C)(C)O1. The second kappa shape index (κ2) is 6.93. The van der Waals surface area contributed by atoms with E-state index >= 15 is 0 Å². The third-order valence-electron chi connectivity index (χ3n) is 4.43. The minimum atomic E-state index is -0.292. The van der Waals surface area contributed by atoms with Gasteiger partial charge in [-0.25, -0.2) is 0 Å². The van der Waals surface area contributed by atoms with Crippen molar-refractivity contribution in [2.24, 2.45) is 5.92 Å². The van der Waals surface area contributed by atoms with Crippen LogP contribution in [0.1, 0.15) is 61.8 Å². The Balaban J connectivity index is 2.90. The molecule has 2 heteroatoms. The molecule has 0 N–H and O–H groups in total. The fourth-order valence-electron chi connectivity index (χ4n) is 2.21. The van der Waals surface area contributed by atoms with Crippen LogP contribution in [0.15, 0.2) is 35.5 Å². The molecule has 0 spiro atoms. The maximum absolute atomic E-state index is 6.11. The molecule has 0 amide bonds. The molecule has 0 aromatic rings. The second-order valence-electron chi connectivity index (χ2n) is 6.98. The van der Waals surface area contributed by atoms with Crippen molar-refractivity contribution >= 4 is 0 Å². The molecular weight excluding hydrogens is 260 g/mol. The van der Waals surface area contributed by atoms with Gasteiger partial charge < -0.3 is 9.47 Å². The fourth-order valence-corrected chi connectivity index (χ4v) is 2.21. The van der Waals surface area contributed by atoms with Gasteiger partial charge in [-0.3, -0.25) is 0 Å². The Morgan fingerprint density at radius 2 is 1.57 bits per heavy atom. The highest BCUT2D eigenvalue weighted by atomic mass is 16.7. The van der Waals surface area contributed by atoms with Crippen LogP contribution < -0.4 is 0 Å². The van der Waals surface area contributed by atoms with E-state index in [1.165, 1.54) is 5.57 Å². The van der Waals surface area contributed by atoms with Gasteiger partial charge in [0, 0.05) is 5.57 Å². The molecule has 0 unspecified atom stereocenters. The summed E-state index contributed by atoms with van der Waals surface area (Å²) in [6.07, 6.45) is 9.44. The lowest BCUT2D eigenvalue weighted by Crippen LogP contribution is -2.41. The molecule has 21 heavy (non-hydrogen) atoms. The molecular formula is C19H32O2. The van der Waals surface area contributed by atoms with Gasteiger partial charge in [0.05, 0.1) is 11.2 Å². The van der Waals surface area contributed by atoms with Crippen molar-refractivity contribution in [2.45, 2.75) is 79.3 Å². The average Bonchev–Trinajstić information content (AvgIpc) is 2.57. The summed E-state index contributed by atoms with van der Waals surface area (Å²) in [7, 11) is 0. The lowest BCUT2D eigenvalue weighted by Gasteiger charge is -2.30. The number of hydrogen-bond donors (Lipinski definition) is 0. The second-order valence-corrected chi connectivity index (χ2v) is 6.98. The molecule has 0 saturated carbocycles. The van der Waals surface area contributed by atoms with E-state index in [-0.39, 0.29) is 17.5 Å². The van der Waals surface area contributed by atoms with Gasteiger partial charge in [0.25, 0.3) is 0 Å². The summed E-state index contributed by atoms with van der Waals surface area (Å²) >= 11 is 0. The molecule has 0 bridgehead atoms. The number of ether oxygens (including phenoxy) is 2. The van der Waals surface area contributed by atoms with Gasteiger partial charge in [0.1, 0.15) is 0 Å². The zero-order valence-corrected chi connectivity index (χ0v) is 15.0. The summed E-state index contributed by atoms with van der Waals surface area (Å²) in [6, 6.07) is 0. The quantitative estimate of drug-likeness (QED) is 0.631. The predicted octanol–water partition coefficient (Wildman–Crippen LogP) is 5.41. The van der Waals surface area contributed by atoms with E-state index in [2.05, 4.69) is 72.8 Å². The first-order valence-electron chi connectivity index (χ1n) is 8.04. The number of rotatable bonds is 5. The van der Waals surface area contributed by atoms with E-state index < -0.39 is 0 Å². The first-order valence-corrected chi connectivity index (χ1v) is 8.04. The highest BCUT2D eigenvalue weighted by molar-refractivity contribution is 5.30. The lowest BCUT2D eigenvalue weighted by molar-refractivity contribution is -0.0566. The van der Waals surface area contributed by atoms with Crippen LogP contribution in [0.25, 0.3) is 0 Å². The van der Waals surface area contributed by atoms with E-state index in [0.717, 1.165) is 12.0 Å². The maximum Gasteiger partial charge on any atom is 0.185 e. The van der Waals surface area contributed by atoms with Crippen LogP contribution in [0.2, 0.25) is 0 Å². The Morgan fingerprint density at radius 3 is 1.95 bits per heavy atom. The molecule has 0 radical (unpaired) electrons. The van der Waals surface area contributed by atoms with Crippen molar-refractivity contribution in [3.05, 3.63) is 35.5 Å². The van der Waals surface area contributed by atoms with Crippen LogP contribution >= 0.6 is 0 Å². The molecule has 1 rings (SSSR count). The Labute approximate surface area is 130 Å². The summed E-state index contributed by atoms with van der Waals surface area (Å²) in [4.78, 5) is 0. The van der Waals surface area contributed by atoms with E-state index in [0.29, 0.717) is 5.92 Å². The third-order valence-corrected chi connectivity index (χ3v) is 4.43. The summed E-state index contributed by atoms with van der Waals surface area (Å²) in [5, 5.41) is 0. The van der Waals surface area contributed by atoms with E-state index in [9.17, 15) is 0 Å². The lowest BCUT2D eigenvalue weighted by atomic mass is 9.90. The highest BCUT2D eigenvalue weighted by Gasteiger charge is 2.49. The van der Waals surface area contributed by atoms with Crippen molar-refractivity contribution in [3.63, 3.8) is 0 Å². The highest BCUT2D eigenvalue weighted by Crippen LogP contribution is 2.40. The largest absolute Gasteiger partial charge is 0.339 e. The molecule has 0 aliphatic carbocycles. The standard InChI is InChI=1S/C19H32O2/c1-9-11-16(14(3)4)13-12-15(10-2)17-20-18(5,6)19(7,8)21-17/h10-14,17H,9H2,1-8H3/b13-12-,15-10+,16-11-. The Hall–Kier alpha value is -0.860. The zero-order valence-electron chi connectivity index (χ0n) is 15.0. The van der Waals surface area contributed by atoms with Crippen LogP contribution in [0.5, 0.6) is 0 Å². The van der Waals surface area contributed by atoms with Crippen LogP contribution in [0.4, 0.5) is 0 Å². The van der Waals surface area contributed by atoms with Gasteiger partial charge in [-0.05, 0) is 52.5 Å². The molecule has 0 aromatic heterocycles. The number of hydrogen-bond acceptors (Lipinski definition) is 2. The summed E-state index contributed by atoms with van der Waals surface area (Å²) < 4.78 is 12.2. The van der Waals surface area contributed by atoms with Crippen molar-refractivity contribution in [2.75, 3.05) is 0 Å². The molecule has 1 heterocycles. The Bertz CT molecular complexity index is 420. The van der Waals surface area contributed by atoms with Crippen LogP contribution in [-0.4, -0.2) is 17.5 Å². The van der Waals surface area contributed by atoms with Gasteiger partial charge >= 0.3 is 0 Å². The molecule has 1 saturated heterocycles. The molecule has 1 fully saturated rings. The monoisotopic (exact) mass is 292 g/mol. The van der Waals surface area contributed by atoms with Crippen LogP contribution in [0.3, 0.4) is 0 Å². The fraction of sp³-hybridized carbons (Fsp3) is 0.684. The minimum absolute atomic E-state index is 0.286. The van der Waals surface area contributed by atoms with Gasteiger partial charge in [-0.2, -0.15) is 0 Å². The van der Waals surface area contributed by atoms with Gasteiger partial charge in [-0.1, -0.05) is 45.1 Å². The Kier molecular flexibility index (Phi) is 6.01. The molecule has 120 valence electrons. The zero-order chi connectivity index (χ0) is 16.3. The van der Waals surface area contributed by atoms with Crippen molar-refractivity contribution in [1.82, 2.24) is 0 Å². The molecule has 0 aromatic carbocycles. The topological polar surface area (TPSA) is 18.5 Å². The third kappa shape index (κ3) is 4.31. The van der Waals surface area contributed by atoms with Gasteiger partial charge in [0.2, 0.25) is 0 Å². The molecule has 0 atom stereocenters. The summed E-state index contributed by atoms with van der Waals surface area (Å²) in [6.45, 7) is 17.0. The summed E-state index contributed by atoms with van der Waals surface area (Å²) in [5.41, 5.74) is 1.85. The smallest absolute Gasteiger partial charge is 0.185 e. The van der Waals surface area contributed by atoms with Crippen molar-refractivity contribution < 1.29 is 9.47 Å². The molecule has 1 aliphatic rings. The molecule has 1 aliphatic heterocycles. The summed E-state index contributed by atoms with van der Waals surface area (Å²) in [5.74, 6) is 0.526. The first kappa shape index (κ1) is 18.2. The Morgan fingerprint density at radius 1 is 1.05 bits per heavy atom. The maximum atomic E-state index is 6.11. The minimum Gasteiger partial charge on any atom is -0.339 e. The van der Waals surface area contributed by atoms with E-state index in [1.807, 2.05) is 6.92 Å². The van der Waals surface area contributed by atoms with E-state index in [1.54, 1.807) is 0 Å². The number of allylic oxidation sites excluding steroid dienone is 4.